The van der Waals surface area contributed by atoms with Gasteiger partial charge in [-0.3, -0.25) is 4.99 Å². The number of aliphatic imine (C=N–C) groups is 1. The van der Waals surface area contributed by atoms with Gasteiger partial charge in [0.25, 0.3) is 0 Å². The van der Waals surface area contributed by atoms with E-state index >= 15 is 0 Å². The summed E-state index contributed by atoms with van der Waals surface area (Å²) in [5.41, 5.74) is 1.28. The molecule has 0 amide bonds. The first-order chi connectivity index (χ1) is 10.6. The number of rotatable bonds is 4. The summed E-state index contributed by atoms with van der Waals surface area (Å²) in [6.45, 7) is 7.74. The summed E-state index contributed by atoms with van der Waals surface area (Å²) in [7, 11) is 3.58. The summed E-state index contributed by atoms with van der Waals surface area (Å²) in [4.78, 5) is 6.85. The quantitative estimate of drug-likeness (QED) is 0.686. The van der Waals surface area contributed by atoms with Crippen molar-refractivity contribution in [2.45, 2.75) is 26.7 Å². The number of benzene rings is 1. The smallest absolute Gasteiger partial charge is 0.193 e. The Morgan fingerprint density at radius 1 is 1.32 bits per heavy atom. The van der Waals surface area contributed by atoms with Crippen molar-refractivity contribution in [1.29, 1.82) is 0 Å². The van der Waals surface area contributed by atoms with Gasteiger partial charge in [0.05, 0.1) is 7.11 Å². The molecule has 1 fully saturated rings. The number of hydrogen-bond acceptors (Lipinski definition) is 2. The van der Waals surface area contributed by atoms with Gasteiger partial charge in [-0.1, -0.05) is 26.0 Å². The third kappa shape index (κ3) is 4.65. The van der Waals surface area contributed by atoms with Gasteiger partial charge in [0, 0.05) is 26.7 Å². The highest BCUT2D eigenvalue weighted by Gasteiger charge is 2.23. The van der Waals surface area contributed by atoms with Crippen LogP contribution in [0.2, 0.25) is 0 Å². The van der Waals surface area contributed by atoms with E-state index in [1.165, 1.54) is 12.0 Å². The number of nitrogens with one attached hydrogen (secondary N) is 1. The van der Waals surface area contributed by atoms with Crippen LogP contribution in [0.1, 0.15) is 25.8 Å². The van der Waals surface area contributed by atoms with E-state index < -0.39 is 0 Å². The third-order valence-electron chi connectivity index (χ3n) is 4.21. The lowest BCUT2D eigenvalue weighted by atomic mass is 9.92. The molecule has 0 aliphatic carbocycles. The molecule has 1 aromatic carbocycles. The maximum Gasteiger partial charge on any atom is 0.193 e. The predicted octanol–water partition coefficient (Wildman–Crippen LogP) is 2.79. The highest BCUT2D eigenvalue weighted by atomic mass is 16.5. The molecule has 0 spiro atoms. The minimum absolute atomic E-state index is 0.737. The highest BCUT2D eigenvalue weighted by molar-refractivity contribution is 5.80. The van der Waals surface area contributed by atoms with Gasteiger partial charge in [-0.05, 0) is 42.4 Å². The van der Waals surface area contributed by atoms with Crippen LogP contribution in [0, 0.1) is 11.8 Å². The van der Waals surface area contributed by atoms with E-state index in [1.54, 1.807) is 7.11 Å². The van der Waals surface area contributed by atoms with Crippen LogP contribution in [0.3, 0.4) is 0 Å². The summed E-state index contributed by atoms with van der Waals surface area (Å²) < 4.78 is 5.27. The van der Waals surface area contributed by atoms with Crippen molar-refractivity contribution < 1.29 is 4.74 Å². The molecule has 0 bridgehead atoms. The molecule has 1 N–H and O–H groups in total. The predicted molar refractivity (Wildman–Crippen MR) is 92.6 cm³/mol. The van der Waals surface area contributed by atoms with Gasteiger partial charge in [0.15, 0.2) is 5.96 Å². The summed E-state index contributed by atoms with van der Waals surface area (Å²) in [5.74, 6) is 3.42. The second-order valence-corrected chi connectivity index (χ2v) is 6.43. The van der Waals surface area contributed by atoms with E-state index in [0.29, 0.717) is 0 Å². The van der Waals surface area contributed by atoms with Gasteiger partial charge in [-0.15, -0.1) is 0 Å². The number of nitrogens with zero attached hydrogens (tertiary/aromatic N) is 2. The van der Waals surface area contributed by atoms with Gasteiger partial charge in [0.1, 0.15) is 5.75 Å². The normalized spacial score (nSPS) is 22.5. The van der Waals surface area contributed by atoms with Gasteiger partial charge in [0.2, 0.25) is 0 Å². The number of ether oxygens (including phenoxy) is 1. The van der Waals surface area contributed by atoms with Crippen molar-refractivity contribution >= 4 is 5.96 Å². The van der Waals surface area contributed by atoms with Crippen molar-refractivity contribution in [1.82, 2.24) is 10.2 Å². The fourth-order valence-electron chi connectivity index (χ4n) is 3.31. The van der Waals surface area contributed by atoms with Gasteiger partial charge >= 0.3 is 0 Å². The average Bonchev–Trinajstić information content (AvgIpc) is 2.51. The Morgan fingerprint density at radius 3 is 2.68 bits per heavy atom. The Hall–Kier alpha value is -1.71. The van der Waals surface area contributed by atoms with Crippen molar-refractivity contribution in [2.24, 2.45) is 16.8 Å². The third-order valence-corrected chi connectivity index (χ3v) is 4.21. The summed E-state index contributed by atoms with van der Waals surface area (Å²) >= 11 is 0. The van der Waals surface area contributed by atoms with Crippen LogP contribution in [-0.4, -0.2) is 44.7 Å². The molecule has 1 aliphatic rings. The molecule has 0 radical (unpaired) electrons. The number of likely N-dealkylation sites (tertiary alicyclic amines) is 1. The number of piperidine rings is 1. The molecular weight excluding hydrogens is 274 g/mol. The average molecular weight is 303 g/mol. The van der Waals surface area contributed by atoms with E-state index in [0.717, 1.165) is 49.6 Å². The second-order valence-electron chi connectivity index (χ2n) is 6.43. The van der Waals surface area contributed by atoms with Crippen LogP contribution in [0.5, 0.6) is 5.75 Å². The van der Waals surface area contributed by atoms with E-state index in [1.807, 2.05) is 19.2 Å². The first kappa shape index (κ1) is 16.7. The maximum atomic E-state index is 5.27. The lowest BCUT2D eigenvalue weighted by molar-refractivity contribution is 0.208. The molecule has 2 unspecified atom stereocenters. The molecule has 4 heteroatoms. The molecule has 1 aromatic rings. The first-order valence-corrected chi connectivity index (χ1v) is 8.21. The number of methoxy groups -OCH3 is 1. The summed E-state index contributed by atoms with van der Waals surface area (Å²) in [6, 6.07) is 8.25. The van der Waals surface area contributed by atoms with Crippen molar-refractivity contribution in [3.05, 3.63) is 29.8 Å². The minimum Gasteiger partial charge on any atom is -0.497 e. The molecule has 1 heterocycles. The zero-order valence-electron chi connectivity index (χ0n) is 14.3. The molecule has 122 valence electrons. The van der Waals surface area contributed by atoms with Gasteiger partial charge in [-0.2, -0.15) is 0 Å². The van der Waals surface area contributed by atoms with E-state index in [9.17, 15) is 0 Å². The molecule has 22 heavy (non-hydrogen) atoms. The van der Waals surface area contributed by atoms with Gasteiger partial charge < -0.3 is 15.0 Å². The molecule has 1 saturated heterocycles. The Balaban J connectivity index is 1.86. The zero-order chi connectivity index (χ0) is 15.9. The molecule has 2 atom stereocenters. The van der Waals surface area contributed by atoms with Crippen LogP contribution in [0.25, 0.3) is 0 Å². The molecular formula is C18H29N3O. The number of guanidine groups is 1. The van der Waals surface area contributed by atoms with Crippen LogP contribution >= 0.6 is 0 Å². The topological polar surface area (TPSA) is 36.9 Å². The van der Waals surface area contributed by atoms with Crippen molar-refractivity contribution in [2.75, 3.05) is 33.8 Å². The molecule has 2 rings (SSSR count). The summed E-state index contributed by atoms with van der Waals surface area (Å²) in [6.07, 6.45) is 2.28. The Labute approximate surface area is 134 Å². The largest absolute Gasteiger partial charge is 0.497 e. The SMILES string of the molecule is CN=C(NCCc1cccc(OC)c1)N1CC(C)CC(C)C1. The monoisotopic (exact) mass is 303 g/mol. The van der Waals surface area contributed by atoms with Gasteiger partial charge in [-0.25, -0.2) is 0 Å². The Morgan fingerprint density at radius 2 is 2.05 bits per heavy atom. The zero-order valence-corrected chi connectivity index (χ0v) is 14.3. The van der Waals surface area contributed by atoms with Crippen LogP contribution in [0.15, 0.2) is 29.3 Å². The fraction of sp³-hybridized carbons (Fsp3) is 0.611. The van der Waals surface area contributed by atoms with E-state index in [-0.39, 0.29) is 0 Å². The second kappa shape index (κ2) is 8.06. The van der Waals surface area contributed by atoms with E-state index in [4.69, 9.17) is 4.74 Å². The number of hydrogen-bond donors (Lipinski definition) is 1. The lowest BCUT2D eigenvalue weighted by Crippen LogP contribution is -2.48. The molecule has 4 nitrogen and oxygen atoms in total. The van der Waals surface area contributed by atoms with Crippen LogP contribution in [0.4, 0.5) is 0 Å². The van der Waals surface area contributed by atoms with Crippen LogP contribution in [-0.2, 0) is 6.42 Å². The Kier molecular flexibility index (Phi) is 6.10. The van der Waals surface area contributed by atoms with Crippen molar-refractivity contribution in [3.63, 3.8) is 0 Å². The first-order valence-electron chi connectivity index (χ1n) is 8.21. The van der Waals surface area contributed by atoms with Crippen LogP contribution < -0.4 is 10.1 Å². The molecule has 0 aromatic heterocycles. The summed E-state index contributed by atoms with van der Waals surface area (Å²) in [5, 5.41) is 3.50. The molecule has 0 saturated carbocycles. The highest BCUT2D eigenvalue weighted by Crippen LogP contribution is 2.20. The van der Waals surface area contributed by atoms with E-state index in [2.05, 4.69) is 41.2 Å². The molecule has 1 aliphatic heterocycles. The Bertz CT molecular complexity index is 491. The lowest BCUT2D eigenvalue weighted by Gasteiger charge is -2.37. The minimum atomic E-state index is 0.737. The van der Waals surface area contributed by atoms with Crippen molar-refractivity contribution in [3.8, 4) is 5.75 Å². The maximum absolute atomic E-state index is 5.27. The fourth-order valence-corrected chi connectivity index (χ4v) is 3.31. The standard InChI is InChI=1S/C18H29N3O/c1-14-10-15(2)13-21(12-14)18(19-3)20-9-8-16-6-5-7-17(11-16)22-4/h5-7,11,14-15H,8-10,12-13H2,1-4H3,(H,19,20).